The lowest BCUT2D eigenvalue weighted by molar-refractivity contribution is -0.138. The summed E-state index contributed by atoms with van der Waals surface area (Å²) in [6, 6.07) is 12.5. The SMILES string of the molecule is CC(C)(C(=O)N1CCC(O)CC1)c1ccc2c(c1)NC(=O)c1ccc(Nc3cc(F)nc(F)c3)cc1N2. The quantitative estimate of drug-likeness (QED) is 0.383. The summed E-state index contributed by atoms with van der Waals surface area (Å²) in [7, 11) is 0. The van der Waals surface area contributed by atoms with Crippen LogP contribution in [0.25, 0.3) is 0 Å². The Balaban J connectivity index is 1.40. The number of pyridine rings is 1. The molecule has 10 heteroatoms. The number of amides is 2. The van der Waals surface area contributed by atoms with Gasteiger partial charge in [0.15, 0.2) is 0 Å². The van der Waals surface area contributed by atoms with E-state index in [2.05, 4.69) is 20.9 Å². The molecule has 0 radical (unpaired) electrons. The maximum Gasteiger partial charge on any atom is 0.257 e. The van der Waals surface area contributed by atoms with Crippen molar-refractivity contribution in [1.82, 2.24) is 9.88 Å². The van der Waals surface area contributed by atoms with Crippen LogP contribution >= 0.6 is 0 Å². The molecule has 192 valence electrons. The molecule has 0 spiro atoms. The number of nitrogens with one attached hydrogen (secondary N) is 3. The average molecular weight is 508 g/mol. The fraction of sp³-hybridized carbons (Fsp3) is 0.296. The molecule has 2 amide bonds. The summed E-state index contributed by atoms with van der Waals surface area (Å²) in [6.07, 6.45) is 0.753. The van der Waals surface area contributed by atoms with Gasteiger partial charge in [-0.15, -0.1) is 0 Å². The normalized spacial score (nSPS) is 15.7. The van der Waals surface area contributed by atoms with Gasteiger partial charge in [-0.2, -0.15) is 13.8 Å². The Morgan fingerprint density at radius 3 is 2.38 bits per heavy atom. The van der Waals surface area contributed by atoms with E-state index in [0.717, 1.165) is 17.7 Å². The summed E-state index contributed by atoms with van der Waals surface area (Å²) in [5.41, 5.74) is 2.67. The highest BCUT2D eigenvalue weighted by molar-refractivity contribution is 6.12. The number of fused-ring (bicyclic) bond motifs is 2. The molecule has 0 saturated carbocycles. The number of halogens is 2. The number of hydrogen-bond donors (Lipinski definition) is 4. The van der Waals surface area contributed by atoms with E-state index in [1.54, 1.807) is 29.2 Å². The Hall–Kier alpha value is -4.05. The molecule has 5 rings (SSSR count). The highest BCUT2D eigenvalue weighted by Crippen LogP contribution is 2.37. The number of carbonyl (C=O) groups is 2. The van der Waals surface area contributed by atoms with Crippen molar-refractivity contribution in [2.75, 3.05) is 29.0 Å². The second-order valence-electron chi connectivity index (χ2n) is 9.87. The topological polar surface area (TPSA) is 107 Å². The van der Waals surface area contributed by atoms with E-state index in [1.807, 2.05) is 26.0 Å². The standard InChI is InChI=1S/C27H27F2N5O3/c1-27(2,26(37)34-9-7-18(35)8-10-34)15-3-6-20-22(11-15)32-25(36)19-5-4-16(12-21(19)31-20)30-17-13-23(28)33-24(29)14-17/h3-6,11-14,18,31,35H,7-10H2,1-2H3,(H,30,33)(H,32,36). The Bertz CT molecular complexity index is 1370. The molecule has 0 bridgehead atoms. The van der Waals surface area contributed by atoms with Crippen molar-refractivity contribution < 1.29 is 23.5 Å². The van der Waals surface area contributed by atoms with Crippen LogP contribution in [0.3, 0.4) is 0 Å². The lowest BCUT2D eigenvalue weighted by atomic mass is 9.82. The number of aliphatic hydroxyl groups excluding tert-OH is 1. The van der Waals surface area contributed by atoms with E-state index in [1.165, 1.54) is 0 Å². The van der Waals surface area contributed by atoms with Crippen molar-refractivity contribution in [2.24, 2.45) is 0 Å². The number of rotatable bonds is 4. The first-order valence-corrected chi connectivity index (χ1v) is 12.0. The van der Waals surface area contributed by atoms with Gasteiger partial charge in [-0.3, -0.25) is 9.59 Å². The van der Waals surface area contributed by atoms with Crippen LogP contribution in [-0.2, 0) is 10.2 Å². The minimum absolute atomic E-state index is 0.0322. The van der Waals surface area contributed by atoms with E-state index in [-0.39, 0.29) is 23.6 Å². The molecule has 4 N–H and O–H groups in total. The van der Waals surface area contributed by atoms with Crippen molar-refractivity contribution in [3.8, 4) is 0 Å². The van der Waals surface area contributed by atoms with Gasteiger partial charge in [0.05, 0.1) is 34.1 Å². The molecule has 2 aromatic carbocycles. The van der Waals surface area contributed by atoms with Gasteiger partial charge < -0.3 is 26.0 Å². The Labute approximate surface area is 212 Å². The van der Waals surface area contributed by atoms with Gasteiger partial charge in [0.1, 0.15) is 0 Å². The van der Waals surface area contributed by atoms with Crippen molar-refractivity contribution in [3.63, 3.8) is 0 Å². The number of likely N-dealkylation sites (tertiary alicyclic amines) is 1. The van der Waals surface area contributed by atoms with Crippen molar-refractivity contribution in [2.45, 2.75) is 38.2 Å². The third-order valence-electron chi connectivity index (χ3n) is 6.86. The minimum atomic E-state index is -0.946. The monoisotopic (exact) mass is 507 g/mol. The molecule has 37 heavy (non-hydrogen) atoms. The van der Waals surface area contributed by atoms with Crippen LogP contribution in [0, 0.1) is 11.9 Å². The van der Waals surface area contributed by atoms with Crippen LogP contribution in [0.2, 0.25) is 0 Å². The van der Waals surface area contributed by atoms with E-state index < -0.39 is 17.3 Å². The number of benzene rings is 2. The summed E-state index contributed by atoms with van der Waals surface area (Å²) in [6.45, 7) is 4.73. The molecule has 1 fully saturated rings. The number of aliphatic hydroxyl groups is 1. The van der Waals surface area contributed by atoms with Gasteiger partial charge in [0, 0.05) is 36.6 Å². The molecule has 3 aromatic rings. The van der Waals surface area contributed by atoms with E-state index in [0.29, 0.717) is 54.2 Å². The highest BCUT2D eigenvalue weighted by Gasteiger charge is 2.36. The molecule has 3 heterocycles. The van der Waals surface area contributed by atoms with Crippen molar-refractivity contribution in [1.29, 1.82) is 0 Å². The van der Waals surface area contributed by atoms with E-state index in [4.69, 9.17) is 0 Å². The Morgan fingerprint density at radius 1 is 0.973 bits per heavy atom. The number of carbonyl (C=O) groups excluding carboxylic acids is 2. The summed E-state index contributed by atoms with van der Waals surface area (Å²) >= 11 is 0. The van der Waals surface area contributed by atoms with Crippen LogP contribution in [0.4, 0.5) is 37.2 Å². The van der Waals surface area contributed by atoms with E-state index >= 15 is 0 Å². The van der Waals surface area contributed by atoms with Crippen molar-refractivity contribution >= 4 is 40.3 Å². The molecule has 2 aliphatic rings. The number of anilines is 5. The third kappa shape index (κ3) is 4.97. The average Bonchev–Trinajstić information content (AvgIpc) is 2.98. The fourth-order valence-corrected chi connectivity index (χ4v) is 4.70. The molecule has 0 unspecified atom stereocenters. The predicted molar refractivity (Wildman–Crippen MR) is 136 cm³/mol. The third-order valence-corrected chi connectivity index (χ3v) is 6.86. The fourth-order valence-electron chi connectivity index (χ4n) is 4.70. The number of aromatic nitrogens is 1. The smallest absolute Gasteiger partial charge is 0.257 e. The second kappa shape index (κ2) is 9.44. The maximum atomic E-state index is 13.5. The first-order chi connectivity index (χ1) is 17.6. The van der Waals surface area contributed by atoms with Crippen LogP contribution < -0.4 is 16.0 Å². The zero-order chi connectivity index (χ0) is 26.3. The zero-order valence-corrected chi connectivity index (χ0v) is 20.4. The predicted octanol–water partition coefficient (Wildman–Crippen LogP) is 4.67. The second-order valence-corrected chi connectivity index (χ2v) is 9.87. The van der Waals surface area contributed by atoms with Crippen LogP contribution in [0.15, 0.2) is 48.5 Å². The Morgan fingerprint density at radius 2 is 1.68 bits per heavy atom. The van der Waals surface area contributed by atoms with Gasteiger partial charge in [0.25, 0.3) is 5.91 Å². The summed E-state index contributed by atoms with van der Waals surface area (Å²) in [4.78, 5) is 31.2. The number of piperidine rings is 1. The summed E-state index contributed by atoms with van der Waals surface area (Å²) in [5.74, 6) is -2.26. The molecule has 8 nitrogen and oxygen atoms in total. The molecule has 0 aliphatic carbocycles. The zero-order valence-electron chi connectivity index (χ0n) is 20.4. The lowest BCUT2D eigenvalue weighted by Crippen LogP contribution is -2.47. The molecule has 1 saturated heterocycles. The van der Waals surface area contributed by atoms with E-state index in [9.17, 15) is 23.5 Å². The van der Waals surface area contributed by atoms with Gasteiger partial charge >= 0.3 is 0 Å². The summed E-state index contributed by atoms with van der Waals surface area (Å²) < 4.78 is 26.9. The van der Waals surface area contributed by atoms with Gasteiger partial charge in [-0.05, 0) is 62.6 Å². The van der Waals surface area contributed by atoms with Gasteiger partial charge in [-0.1, -0.05) is 6.07 Å². The highest BCUT2D eigenvalue weighted by atomic mass is 19.1. The molecule has 1 aromatic heterocycles. The largest absolute Gasteiger partial charge is 0.393 e. The van der Waals surface area contributed by atoms with Gasteiger partial charge in [-0.25, -0.2) is 0 Å². The Kier molecular flexibility index (Phi) is 6.28. The van der Waals surface area contributed by atoms with Crippen molar-refractivity contribution in [3.05, 3.63) is 71.6 Å². The lowest BCUT2D eigenvalue weighted by Gasteiger charge is -2.36. The van der Waals surface area contributed by atoms with Gasteiger partial charge in [0.2, 0.25) is 17.8 Å². The van der Waals surface area contributed by atoms with Crippen LogP contribution in [0.5, 0.6) is 0 Å². The molecular formula is C27H27F2N5O3. The first kappa shape index (κ1) is 24.6. The molecule has 0 atom stereocenters. The maximum absolute atomic E-state index is 13.5. The first-order valence-electron chi connectivity index (χ1n) is 12.0. The number of hydrogen-bond acceptors (Lipinski definition) is 6. The molecule has 2 aliphatic heterocycles. The summed E-state index contributed by atoms with van der Waals surface area (Å²) in [5, 5.41) is 18.9. The van der Waals surface area contributed by atoms with Crippen LogP contribution in [-0.4, -0.2) is 46.0 Å². The van der Waals surface area contributed by atoms with Crippen LogP contribution in [0.1, 0.15) is 42.6 Å². The minimum Gasteiger partial charge on any atom is -0.393 e. The molecular weight excluding hydrogens is 480 g/mol. The number of nitrogens with zero attached hydrogens (tertiary/aromatic N) is 2.